The average molecular weight is 473 g/mol. The molecule has 1 atom stereocenters. The summed E-state index contributed by atoms with van der Waals surface area (Å²) in [6, 6.07) is 16.6. The van der Waals surface area contributed by atoms with Gasteiger partial charge in [0.2, 0.25) is 0 Å². The Hall–Kier alpha value is -3.01. The van der Waals surface area contributed by atoms with E-state index in [0.29, 0.717) is 19.5 Å². The van der Waals surface area contributed by atoms with Crippen molar-refractivity contribution in [1.29, 1.82) is 0 Å². The van der Waals surface area contributed by atoms with E-state index in [1.807, 2.05) is 54.6 Å². The molecule has 1 amide bonds. The van der Waals surface area contributed by atoms with Crippen LogP contribution in [0.2, 0.25) is 0 Å². The van der Waals surface area contributed by atoms with Gasteiger partial charge in [0.05, 0.1) is 23.7 Å². The highest BCUT2D eigenvalue weighted by Gasteiger charge is 2.59. The largest absolute Gasteiger partial charge is 0.466 e. The summed E-state index contributed by atoms with van der Waals surface area (Å²) in [5.74, 6) is -0.326. The van der Waals surface area contributed by atoms with Gasteiger partial charge in [0.25, 0.3) is 0 Å². The van der Waals surface area contributed by atoms with Crippen molar-refractivity contribution >= 4 is 34.4 Å². The molecule has 3 N–H and O–H groups in total. The lowest BCUT2D eigenvalue weighted by molar-refractivity contribution is -0.134. The number of carbonyl (C=O) groups is 2. The Bertz CT molecular complexity index is 1040. The number of amides is 1. The van der Waals surface area contributed by atoms with E-state index in [4.69, 9.17) is 4.74 Å². The molecule has 2 aromatic carbocycles. The quantitative estimate of drug-likeness (QED) is 0.432. The number of para-hydroxylation sites is 1. The molecule has 176 valence electrons. The van der Waals surface area contributed by atoms with Crippen LogP contribution in [0.1, 0.15) is 17.5 Å². The molecule has 2 heterocycles. The van der Waals surface area contributed by atoms with Crippen LogP contribution in [0.3, 0.4) is 0 Å². The minimum atomic E-state index is -2.90. The van der Waals surface area contributed by atoms with Crippen LogP contribution in [0.15, 0.2) is 60.7 Å². The number of rotatable bonds is 6. The second kappa shape index (κ2) is 9.46. The van der Waals surface area contributed by atoms with Crippen LogP contribution in [0, 0.1) is 0 Å². The molecule has 2 aromatic rings. The molecule has 0 radical (unpaired) electrons. The summed E-state index contributed by atoms with van der Waals surface area (Å²) < 4.78 is 30.9. The Balaban J connectivity index is 1.36. The molecule has 1 spiro atoms. The molecular weight excluding hydrogens is 444 g/mol. The average Bonchev–Trinajstić information content (AvgIpc) is 3.05. The van der Waals surface area contributed by atoms with Crippen molar-refractivity contribution in [3.05, 3.63) is 71.8 Å². The van der Waals surface area contributed by atoms with Crippen molar-refractivity contribution in [2.45, 2.75) is 23.8 Å². The van der Waals surface area contributed by atoms with Crippen molar-refractivity contribution in [3.8, 4) is 0 Å². The molecule has 2 fully saturated rings. The minimum absolute atomic E-state index is 0.116. The van der Waals surface area contributed by atoms with E-state index < -0.39 is 27.4 Å². The van der Waals surface area contributed by atoms with Crippen LogP contribution in [0.25, 0.3) is 6.08 Å². The lowest BCUT2D eigenvalue weighted by Crippen LogP contribution is -2.63. The third-order valence-corrected chi connectivity index (χ3v) is 8.79. The molecule has 0 bridgehead atoms. The Morgan fingerprint density at radius 2 is 1.85 bits per heavy atom. The first-order chi connectivity index (χ1) is 15.8. The predicted molar refractivity (Wildman–Crippen MR) is 128 cm³/mol. The summed E-state index contributed by atoms with van der Waals surface area (Å²) in [5, 5.41) is 2.79. The number of nitrogens with one attached hydrogen (secondary N) is 1. The lowest BCUT2D eigenvalue weighted by Gasteiger charge is -2.57. The maximum atomic E-state index is 12.2. The van der Waals surface area contributed by atoms with Crippen molar-refractivity contribution in [1.82, 2.24) is 5.32 Å². The molecule has 2 aliphatic heterocycles. The summed E-state index contributed by atoms with van der Waals surface area (Å²) >= 11 is 0. The molecule has 33 heavy (non-hydrogen) atoms. The number of benzene rings is 2. The van der Waals surface area contributed by atoms with E-state index >= 15 is 0 Å². The first-order valence-electron chi connectivity index (χ1n) is 10.6. The number of hydrogen-bond donors (Lipinski definition) is 3. The topological polar surface area (TPSA) is 108 Å². The second-order valence-corrected chi connectivity index (χ2v) is 10.9. The summed E-state index contributed by atoms with van der Waals surface area (Å²) in [4.78, 5) is 25.8. The van der Waals surface area contributed by atoms with Gasteiger partial charge >= 0.3 is 12.1 Å². The van der Waals surface area contributed by atoms with Crippen LogP contribution < -0.4 is 10.2 Å². The molecule has 9 heteroatoms. The van der Waals surface area contributed by atoms with E-state index in [0.717, 1.165) is 16.8 Å². The molecule has 0 saturated carbocycles. The number of hydrogen-bond acceptors (Lipinski definition) is 7. The fourth-order valence-electron chi connectivity index (χ4n) is 4.42. The van der Waals surface area contributed by atoms with Crippen LogP contribution in [0.4, 0.5) is 10.5 Å². The van der Waals surface area contributed by atoms with Crippen molar-refractivity contribution in [3.63, 3.8) is 0 Å². The molecule has 0 aliphatic carbocycles. The van der Waals surface area contributed by atoms with E-state index in [2.05, 4.69) is 15.0 Å². The Kier molecular flexibility index (Phi) is 6.64. The Labute approximate surface area is 194 Å². The first kappa shape index (κ1) is 23.2. The van der Waals surface area contributed by atoms with Crippen molar-refractivity contribution < 1.29 is 28.2 Å². The zero-order chi connectivity index (χ0) is 23.5. The highest BCUT2D eigenvalue weighted by atomic mass is 32.3. The highest BCUT2D eigenvalue weighted by molar-refractivity contribution is 8.25. The number of carbonyl (C=O) groups excluding carboxylic acids is 2. The number of nitrogens with zero attached hydrogens (tertiary/aromatic N) is 1. The molecular formula is C24H28N2O6S. The van der Waals surface area contributed by atoms with Gasteiger partial charge in [-0.2, -0.15) is 10.6 Å². The lowest BCUT2D eigenvalue weighted by atomic mass is 9.90. The summed E-state index contributed by atoms with van der Waals surface area (Å²) in [6.07, 6.45) is 2.95. The maximum absolute atomic E-state index is 12.2. The van der Waals surface area contributed by atoms with Gasteiger partial charge in [-0.15, -0.1) is 0 Å². The van der Waals surface area contributed by atoms with Gasteiger partial charge in [0, 0.05) is 24.9 Å². The smallest absolute Gasteiger partial charge is 0.407 e. The van der Waals surface area contributed by atoms with Gasteiger partial charge in [0.15, 0.2) is 0 Å². The maximum Gasteiger partial charge on any atom is 0.407 e. The SMILES string of the molecule is COC(=O)/C=C/c1ccccc1N1CC2(CC(NC(=O)OCc3ccccc3)CS2(O)O)C1. The van der Waals surface area contributed by atoms with E-state index in [1.54, 1.807) is 6.08 Å². The molecule has 2 aliphatic rings. The molecule has 4 rings (SSSR count). The number of methoxy groups -OCH3 is 1. The minimum Gasteiger partial charge on any atom is -0.466 e. The fourth-order valence-corrected chi connectivity index (χ4v) is 6.73. The van der Waals surface area contributed by atoms with Crippen LogP contribution >= 0.6 is 10.6 Å². The standard InChI is InChI=1S/C24H28N2O6S/c1-31-22(27)12-11-19-9-5-6-10-21(19)26-16-24(17-26)13-20(15-33(24,29)30)25-23(28)32-14-18-7-3-2-4-8-18/h2-12,20,29-30H,13-17H2,1H3,(H,25,28)/b12-11+. The molecule has 2 saturated heterocycles. The molecule has 1 unspecified atom stereocenters. The van der Waals surface area contributed by atoms with Gasteiger partial charge < -0.3 is 19.7 Å². The van der Waals surface area contributed by atoms with Gasteiger partial charge in [-0.05, 0) is 29.7 Å². The van der Waals surface area contributed by atoms with Crippen molar-refractivity contribution in [2.24, 2.45) is 0 Å². The van der Waals surface area contributed by atoms with E-state index in [9.17, 15) is 18.7 Å². The van der Waals surface area contributed by atoms with Gasteiger partial charge in [-0.25, -0.2) is 9.59 Å². The Morgan fingerprint density at radius 3 is 2.58 bits per heavy atom. The van der Waals surface area contributed by atoms with Crippen LogP contribution in [0.5, 0.6) is 0 Å². The van der Waals surface area contributed by atoms with Crippen molar-refractivity contribution in [2.75, 3.05) is 30.9 Å². The first-order valence-corrected chi connectivity index (χ1v) is 12.4. The van der Waals surface area contributed by atoms with Gasteiger partial charge in [-0.1, -0.05) is 48.5 Å². The number of alkyl carbamates (subject to hydrolysis) is 1. The monoisotopic (exact) mass is 472 g/mol. The number of ether oxygens (including phenoxy) is 2. The Morgan fingerprint density at radius 1 is 1.15 bits per heavy atom. The number of esters is 1. The van der Waals surface area contributed by atoms with Crippen LogP contribution in [-0.4, -0.2) is 57.9 Å². The van der Waals surface area contributed by atoms with E-state index in [1.165, 1.54) is 13.2 Å². The van der Waals surface area contributed by atoms with Gasteiger partial charge in [0.1, 0.15) is 6.61 Å². The normalized spacial score (nSPS) is 21.4. The summed E-state index contributed by atoms with van der Waals surface area (Å²) in [6.45, 7) is 1.07. The second-order valence-electron chi connectivity index (χ2n) is 8.39. The fraction of sp³-hybridized carbons (Fsp3) is 0.333. The molecule has 0 aromatic heterocycles. The van der Waals surface area contributed by atoms with Gasteiger partial charge in [-0.3, -0.25) is 9.11 Å². The number of anilines is 1. The zero-order valence-corrected chi connectivity index (χ0v) is 19.2. The summed E-state index contributed by atoms with van der Waals surface area (Å²) in [5.41, 5.74) is 2.62. The summed E-state index contributed by atoms with van der Waals surface area (Å²) in [7, 11) is -1.58. The predicted octanol–water partition coefficient (Wildman–Crippen LogP) is 3.88. The van der Waals surface area contributed by atoms with E-state index in [-0.39, 0.29) is 18.4 Å². The third kappa shape index (κ3) is 5.00. The highest BCUT2D eigenvalue weighted by Crippen LogP contribution is 2.64. The third-order valence-electron chi connectivity index (χ3n) is 6.12. The molecule has 8 nitrogen and oxygen atoms in total. The zero-order valence-electron chi connectivity index (χ0n) is 18.3. The van der Waals surface area contributed by atoms with Crippen LogP contribution in [-0.2, 0) is 20.9 Å².